The van der Waals surface area contributed by atoms with Gasteiger partial charge in [-0.25, -0.2) is 0 Å². The van der Waals surface area contributed by atoms with Crippen LogP contribution in [-0.4, -0.2) is 15.7 Å². The molecule has 0 N–H and O–H groups in total. The molecule has 4 nitrogen and oxygen atoms in total. The molecule has 24 heavy (non-hydrogen) atoms. The molecule has 2 rings (SSSR count). The lowest BCUT2D eigenvalue weighted by atomic mass is 10.1. The summed E-state index contributed by atoms with van der Waals surface area (Å²) in [5, 5.41) is 5.34. The monoisotopic (exact) mass is 328 g/mol. The van der Waals surface area contributed by atoms with E-state index in [4.69, 9.17) is 0 Å². The molecule has 1 aromatic carbocycles. The molecular formula is C20H28N2O2. The third kappa shape index (κ3) is 5.29. The molecule has 0 saturated carbocycles. The molecule has 0 bridgehead atoms. The maximum Gasteiger partial charge on any atom is 0.281 e. The Balaban J connectivity index is 1.73. The summed E-state index contributed by atoms with van der Waals surface area (Å²) >= 11 is 0. The zero-order valence-corrected chi connectivity index (χ0v) is 14.7. The predicted octanol–water partition coefficient (Wildman–Crippen LogP) is 4.96. The Bertz CT molecular complexity index is 706. The van der Waals surface area contributed by atoms with E-state index in [9.17, 15) is 9.59 Å². The number of fused-ring (bicyclic) bond motifs is 1. The fourth-order valence-corrected chi connectivity index (χ4v) is 2.96. The SMILES string of the molecule is CCCCCCCCCCCC(=O)n1ncc2ccccc2c1=O. The number of benzene rings is 1. The fraction of sp³-hybridized carbons (Fsp3) is 0.550. The summed E-state index contributed by atoms with van der Waals surface area (Å²) in [6.07, 6.45) is 12.8. The van der Waals surface area contributed by atoms with Crippen molar-refractivity contribution in [1.82, 2.24) is 9.78 Å². The molecule has 0 atom stereocenters. The first-order valence-electron chi connectivity index (χ1n) is 9.24. The third-order valence-corrected chi connectivity index (χ3v) is 4.43. The van der Waals surface area contributed by atoms with E-state index in [1.54, 1.807) is 18.3 Å². The molecule has 0 aliphatic heterocycles. The second kappa shape index (κ2) is 10.0. The van der Waals surface area contributed by atoms with E-state index >= 15 is 0 Å². The van der Waals surface area contributed by atoms with Crippen molar-refractivity contribution < 1.29 is 4.79 Å². The number of hydrogen-bond donors (Lipinski definition) is 0. The Morgan fingerprint density at radius 3 is 2.29 bits per heavy atom. The molecule has 0 amide bonds. The van der Waals surface area contributed by atoms with E-state index in [0.717, 1.165) is 22.9 Å². The van der Waals surface area contributed by atoms with Crippen LogP contribution < -0.4 is 5.56 Å². The molecule has 0 saturated heterocycles. The van der Waals surface area contributed by atoms with Crippen LogP contribution in [0.3, 0.4) is 0 Å². The Kier molecular flexibility index (Phi) is 7.66. The van der Waals surface area contributed by atoms with Crippen molar-refractivity contribution in [2.45, 2.75) is 71.1 Å². The van der Waals surface area contributed by atoms with Crippen LogP contribution in [0.25, 0.3) is 10.8 Å². The van der Waals surface area contributed by atoms with Crippen molar-refractivity contribution in [2.24, 2.45) is 0 Å². The molecule has 1 aromatic heterocycles. The molecule has 0 aliphatic rings. The van der Waals surface area contributed by atoms with E-state index in [2.05, 4.69) is 12.0 Å². The Morgan fingerprint density at radius 2 is 1.58 bits per heavy atom. The van der Waals surface area contributed by atoms with Crippen molar-refractivity contribution in [3.05, 3.63) is 40.8 Å². The van der Waals surface area contributed by atoms with Crippen molar-refractivity contribution >= 4 is 16.7 Å². The molecule has 0 unspecified atom stereocenters. The summed E-state index contributed by atoms with van der Waals surface area (Å²) in [5.74, 6) is -0.200. The van der Waals surface area contributed by atoms with Gasteiger partial charge in [-0.2, -0.15) is 9.78 Å². The average Bonchev–Trinajstić information content (AvgIpc) is 2.60. The van der Waals surface area contributed by atoms with Crippen LogP contribution in [0.2, 0.25) is 0 Å². The second-order valence-corrected chi connectivity index (χ2v) is 6.42. The van der Waals surface area contributed by atoms with E-state index in [1.165, 1.54) is 44.9 Å². The minimum absolute atomic E-state index is 0.200. The van der Waals surface area contributed by atoms with E-state index in [0.29, 0.717) is 11.8 Å². The van der Waals surface area contributed by atoms with Crippen molar-refractivity contribution in [1.29, 1.82) is 0 Å². The van der Waals surface area contributed by atoms with Crippen LogP contribution in [-0.2, 0) is 0 Å². The molecule has 0 radical (unpaired) electrons. The second-order valence-electron chi connectivity index (χ2n) is 6.42. The van der Waals surface area contributed by atoms with Gasteiger partial charge in [0.15, 0.2) is 0 Å². The van der Waals surface area contributed by atoms with Crippen LogP contribution in [0.1, 0.15) is 75.9 Å². The van der Waals surface area contributed by atoms with Gasteiger partial charge in [-0.15, -0.1) is 0 Å². The first kappa shape index (κ1) is 18.4. The molecule has 0 fully saturated rings. The average molecular weight is 328 g/mol. The number of aromatic nitrogens is 2. The summed E-state index contributed by atoms with van der Waals surface area (Å²) in [4.78, 5) is 24.5. The zero-order valence-electron chi connectivity index (χ0n) is 14.7. The zero-order chi connectivity index (χ0) is 17.2. The minimum atomic E-state index is -0.311. The summed E-state index contributed by atoms with van der Waals surface area (Å²) in [5.41, 5.74) is -0.311. The number of carbonyl (C=O) groups excluding carboxylic acids is 1. The number of rotatable bonds is 10. The molecule has 0 spiro atoms. The van der Waals surface area contributed by atoms with Gasteiger partial charge in [-0.05, 0) is 12.5 Å². The molecule has 4 heteroatoms. The van der Waals surface area contributed by atoms with Gasteiger partial charge in [-0.3, -0.25) is 9.59 Å². The molecule has 0 aliphatic carbocycles. The van der Waals surface area contributed by atoms with Gasteiger partial charge in [0, 0.05) is 11.8 Å². The van der Waals surface area contributed by atoms with Crippen molar-refractivity contribution in [3.8, 4) is 0 Å². The highest BCUT2D eigenvalue weighted by molar-refractivity contribution is 5.84. The molecular weight excluding hydrogens is 300 g/mol. The van der Waals surface area contributed by atoms with E-state index in [1.807, 2.05) is 12.1 Å². The maximum absolute atomic E-state index is 12.3. The Labute approximate surface area is 143 Å². The van der Waals surface area contributed by atoms with Gasteiger partial charge < -0.3 is 0 Å². The largest absolute Gasteiger partial charge is 0.281 e. The summed E-state index contributed by atoms with van der Waals surface area (Å²) < 4.78 is 1.02. The highest BCUT2D eigenvalue weighted by Gasteiger charge is 2.10. The van der Waals surface area contributed by atoms with Crippen molar-refractivity contribution in [3.63, 3.8) is 0 Å². The standard InChI is InChI=1S/C20H28N2O2/c1-2-3-4-5-6-7-8-9-10-15-19(23)22-20(24)18-14-12-11-13-17(18)16-21-22/h11-14,16H,2-10,15H2,1H3. The van der Waals surface area contributed by atoms with Gasteiger partial charge in [0.1, 0.15) is 0 Å². The first-order valence-corrected chi connectivity index (χ1v) is 9.24. The van der Waals surface area contributed by atoms with Crippen LogP contribution in [0.4, 0.5) is 0 Å². The van der Waals surface area contributed by atoms with Gasteiger partial charge in [0.2, 0.25) is 5.91 Å². The third-order valence-electron chi connectivity index (χ3n) is 4.43. The lowest BCUT2D eigenvalue weighted by molar-refractivity contribution is 0.0877. The van der Waals surface area contributed by atoms with Crippen LogP contribution >= 0.6 is 0 Å². The predicted molar refractivity (Wildman–Crippen MR) is 98.5 cm³/mol. The number of unbranched alkanes of at least 4 members (excludes halogenated alkanes) is 8. The molecule has 130 valence electrons. The molecule has 2 aromatic rings. The highest BCUT2D eigenvalue weighted by atomic mass is 16.2. The van der Waals surface area contributed by atoms with Crippen LogP contribution in [0.15, 0.2) is 35.3 Å². The fourth-order valence-electron chi connectivity index (χ4n) is 2.96. The Hall–Kier alpha value is -1.97. The molecule has 1 heterocycles. The maximum atomic E-state index is 12.3. The smallest absolute Gasteiger partial charge is 0.272 e. The minimum Gasteiger partial charge on any atom is -0.272 e. The highest BCUT2D eigenvalue weighted by Crippen LogP contribution is 2.11. The van der Waals surface area contributed by atoms with Gasteiger partial charge >= 0.3 is 0 Å². The van der Waals surface area contributed by atoms with Crippen molar-refractivity contribution in [2.75, 3.05) is 0 Å². The quantitative estimate of drug-likeness (QED) is 0.579. The van der Waals surface area contributed by atoms with Gasteiger partial charge in [0.05, 0.1) is 11.6 Å². The normalized spacial score (nSPS) is 11.0. The van der Waals surface area contributed by atoms with E-state index < -0.39 is 0 Å². The van der Waals surface area contributed by atoms with Crippen LogP contribution in [0.5, 0.6) is 0 Å². The summed E-state index contributed by atoms with van der Waals surface area (Å²) in [6, 6.07) is 7.23. The number of nitrogens with zero attached hydrogens (tertiary/aromatic N) is 2. The van der Waals surface area contributed by atoms with Crippen LogP contribution in [0, 0.1) is 0 Å². The first-order chi connectivity index (χ1) is 11.7. The number of carbonyl (C=O) groups is 1. The van der Waals surface area contributed by atoms with Gasteiger partial charge in [0.25, 0.3) is 5.56 Å². The van der Waals surface area contributed by atoms with Gasteiger partial charge in [-0.1, -0.05) is 76.5 Å². The number of hydrogen-bond acceptors (Lipinski definition) is 3. The lowest BCUT2D eigenvalue weighted by Gasteiger charge is -2.05. The summed E-state index contributed by atoms with van der Waals surface area (Å²) in [6.45, 7) is 2.23. The van der Waals surface area contributed by atoms with E-state index in [-0.39, 0.29) is 11.5 Å². The Morgan fingerprint density at radius 1 is 0.958 bits per heavy atom. The lowest BCUT2D eigenvalue weighted by Crippen LogP contribution is -2.28. The summed E-state index contributed by atoms with van der Waals surface area (Å²) in [7, 11) is 0. The topological polar surface area (TPSA) is 52.0 Å².